The molecule has 2 rings (SSSR count). The maximum atomic E-state index is 5.74. The Balaban J connectivity index is 2.05. The van der Waals surface area contributed by atoms with E-state index in [9.17, 15) is 0 Å². The number of aromatic nitrogens is 2. The summed E-state index contributed by atoms with van der Waals surface area (Å²) >= 11 is 1.70. The van der Waals surface area contributed by atoms with Crippen LogP contribution in [0.5, 0.6) is 5.75 Å². The van der Waals surface area contributed by atoms with Gasteiger partial charge in [0, 0.05) is 34.6 Å². The zero-order valence-electron chi connectivity index (χ0n) is 11.5. The number of hydrogen-bond donors (Lipinski definition) is 1. The number of thioether (sulfide) groups is 1. The van der Waals surface area contributed by atoms with Gasteiger partial charge in [-0.05, 0) is 32.0 Å². The third kappa shape index (κ3) is 3.44. The van der Waals surface area contributed by atoms with E-state index in [2.05, 4.69) is 25.0 Å². The molecule has 0 amide bonds. The monoisotopic (exact) mass is 277 g/mol. The number of anilines is 1. The average Bonchev–Trinajstić information content (AvgIpc) is 2.86. The fraction of sp³-hybridized carbons (Fsp3) is 0.357. The Kier molecular flexibility index (Phi) is 4.37. The summed E-state index contributed by atoms with van der Waals surface area (Å²) in [5.41, 5.74) is 7.52. The Morgan fingerprint density at radius 1 is 1.37 bits per heavy atom. The van der Waals surface area contributed by atoms with Crippen LogP contribution in [0.2, 0.25) is 0 Å². The van der Waals surface area contributed by atoms with Gasteiger partial charge in [-0.1, -0.05) is 0 Å². The van der Waals surface area contributed by atoms with Crippen LogP contribution in [-0.4, -0.2) is 16.9 Å². The van der Waals surface area contributed by atoms with Crippen LogP contribution in [-0.2, 0) is 5.75 Å². The molecule has 0 fully saturated rings. The van der Waals surface area contributed by atoms with Crippen LogP contribution in [0.25, 0.3) is 0 Å². The van der Waals surface area contributed by atoms with Crippen molar-refractivity contribution in [3.05, 3.63) is 36.2 Å². The summed E-state index contributed by atoms with van der Waals surface area (Å²) in [4.78, 5) is 1.08. The Hall–Kier alpha value is -1.62. The molecule has 1 heterocycles. The number of ether oxygens (including phenoxy) is 1. The van der Waals surface area contributed by atoms with Crippen molar-refractivity contribution in [2.45, 2.75) is 30.5 Å². The van der Waals surface area contributed by atoms with Crippen molar-refractivity contribution in [3.8, 4) is 5.75 Å². The van der Waals surface area contributed by atoms with Gasteiger partial charge in [0.15, 0.2) is 0 Å². The SMILES string of the molecule is COc1cc(N)ccc1SCc1ccn(C(C)C)n1. The van der Waals surface area contributed by atoms with Crippen molar-refractivity contribution in [3.63, 3.8) is 0 Å². The first-order chi connectivity index (χ1) is 9.10. The Morgan fingerprint density at radius 3 is 2.79 bits per heavy atom. The summed E-state index contributed by atoms with van der Waals surface area (Å²) in [6.07, 6.45) is 2.01. The summed E-state index contributed by atoms with van der Waals surface area (Å²) in [6.45, 7) is 4.24. The number of nitrogens with two attached hydrogens (primary N) is 1. The van der Waals surface area contributed by atoms with E-state index in [1.807, 2.05) is 29.1 Å². The van der Waals surface area contributed by atoms with E-state index >= 15 is 0 Å². The summed E-state index contributed by atoms with van der Waals surface area (Å²) in [5, 5.41) is 4.53. The van der Waals surface area contributed by atoms with Gasteiger partial charge in [-0.3, -0.25) is 4.68 Å². The first-order valence-corrected chi connectivity index (χ1v) is 7.19. The molecule has 0 aliphatic carbocycles. The van der Waals surface area contributed by atoms with Crippen molar-refractivity contribution in [1.29, 1.82) is 0 Å². The van der Waals surface area contributed by atoms with Gasteiger partial charge in [-0.15, -0.1) is 11.8 Å². The first-order valence-electron chi connectivity index (χ1n) is 6.20. The number of nitrogens with zero attached hydrogens (tertiary/aromatic N) is 2. The van der Waals surface area contributed by atoms with Crippen LogP contribution in [0.15, 0.2) is 35.4 Å². The van der Waals surface area contributed by atoms with Gasteiger partial charge in [-0.25, -0.2) is 0 Å². The second-order valence-electron chi connectivity index (χ2n) is 4.58. The third-order valence-corrected chi connectivity index (χ3v) is 3.84. The molecule has 2 N–H and O–H groups in total. The number of hydrogen-bond acceptors (Lipinski definition) is 4. The summed E-state index contributed by atoms with van der Waals surface area (Å²) in [5.74, 6) is 1.63. The Morgan fingerprint density at radius 2 is 2.16 bits per heavy atom. The summed E-state index contributed by atoms with van der Waals surface area (Å²) in [6, 6.07) is 8.16. The van der Waals surface area contributed by atoms with E-state index in [1.54, 1.807) is 18.9 Å². The molecule has 0 atom stereocenters. The van der Waals surface area contributed by atoms with Crippen LogP contribution >= 0.6 is 11.8 Å². The van der Waals surface area contributed by atoms with Crippen molar-refractivity contribution in [2.75, 3.05) is 12.8 Å². The van der Waals surface area contributed by atoms with Crippen LogP contribution in [0.3, 0.4) is 0 Å². The molecule has 2 aromatic rings. The number of methoxy groups -OCH3 is 1. The summed E-state index contributed by atoms with van der Waals surface area (Å²) in [7, 11) is 1.66. The van der Waals surface area contributed by atoms with E-state index < -0.39 is 0 Å². The highest BCUT2D eigenvalue weighted by Crippen LogP contribution is 2.32. The van der Waals surface area contributed by atoms with Gasteiger partial charge in [0.2, 0.25) is 0 Å². The lowest BCUT2D eigenvalue weighted by molar-refractivity contribution is 0.405. The minimum absolute atomic E-state index is 0.393. The molecule has 0 saturated heterocycles. The van der Waals surface area contributed by atoms with E-state index in [0.29, 0.717) is 11.7 Å². The highest BCUT2D eigenvalue weighted by molar-refractivity contribution is 7.98. The molecule has 0 aliphatic heterocycles. The van der Waals surface area contributed by atoms with Crippen LogP contribution in [0.4, 0.5) is 5.69 Å². The zero-order chi connectivity index (χ0) is 13.8. The van der Waals surface area contributed by atoms with Crippen molar-refractivity contribution < 1.29 is 4.74 Å². The highest BCUT2D eigenvalue weighted by atomic mass is 32.2. The van der Waals surface area contributed by atoms with Crippen LogP contribution in [0.1, 0.15) is 25.6 Å². The molecule has 19 heavy (non-hydrogen) atoms. The topological polar surface area (TPSA) is 53.1 Å². The molecular formula is C14H19N3OS. The van der Waals surface area contributed by atoms with Crippen molar-refractivity contribution in [1.82, 2.24) is 9.78 Å². The largest absolute Gasteiger partial charge is 0.496 e. The molecule has 0 saturated carbocycles. The first kappa shape index (κ1) is 13.8. The summed E-state index contributed by atoms with van der Waals surface area (Å²) < 4.78 is 7.30. The van der Waals surface area contributed by atoms with Gasteiger partial charge in [0.1, 0.15) is 5.75 Å². The van der Waals surface area contributed by atoms with E-state index in [1.165, 1.54) is 0 Å². The fourth-order valence-corrected chi connectivity index (χ4v) is 2.60. The number of rotatable bonds is 5. The molecule has 5 heteroatoms. The van der Waals surface area contributed by atoms with E-state index in [0.717, 1.165) is 22.1 Å². The van der Waals surface area contributed by atoms with E-state index in [-0.39, 0.29) is 0 Å². The molecule has 1 aromatic carbocycles. The van der Waals surface area contributed by atoms with Gasteiger partial charge in [0.05, 0.1) is 12.8 Å². The fourth-order valence-electron chi connectivity index (χ4n) is 1.70. The molecule has 4 nitrogen and oxygen atoms in total. The van der Waals surface area contributed by atoms with Crippen LogP contribution in [0, 0.1) is 0 Å². The molecular weight excluding hydrogens is 258 g/mol. The average molecular weight is 277 g/mol. The van der Waals surface area contributed by atoms with Gasteiger partial charge in [0.25, 0.3) is 0 Å². The Labute approximate surface area is 117 Å². The molecule has 0 unspecified atom stereocenters. The lowest BCUT2D eigenvalue weighted by atomic mass is 10.3. The second kappa shape index (κ2) is 6.02. The van der Waals surface area contributed by atoms with Crippen LogP contribution < -0.4 is 10.5 Å². The number of nitrogen functional groups attached to an aromatic ring is 1. The minimum Gasteiger partial charge on any atom is -0.496 e. The van der Waals surface area contributed by atoms with Crippen molar-refractivity contribution >= 4 is 17.4 Å². The maximum absolute atomic E-state index is 5.74. The molecule has 102 valence electrons. The third-order valence-electron chi connectivity index (χ3n) is 2.76. The predicted molar refractivity (Wildman–Crippen MR) is 79.6 cm³/mol. The molecule has 0 spiro atoms. The Bertz CT molecular complexity index is 551. The highest BCUT2D eigenvalue weighted by Gasteiger charge is 2.07. The minimum atomic E-state index is 0.393. The lowest BCUT2D eigenvalue weighted by Gasteiger charge is -2.08. The predicted octanol–water partition coefficient (Wildman–Crippen LogP) is 3.35. The zero-order valence-corrected chi connectivity index (χ0v) is 12.3. The molecule has 1 aromatic heterocycles. The lowest BCUT2D eigenvalue weighted by Crippen LogP contribution is -2.01. The second-order valence-corrected chi connectivity index (χ2v) is 5.60. The van der Waals surface area contributed by atoms with E-state index in [4.69, 9.17) is 10.5 Å². The number of benzene rings is 1. The molecule has 0 aliphatic rings. The van der Waals surface area contributed by atoms with Gasteiger partial charge >= 0.3 is 0 Å². The maximum Gasteiger partial charge on any atom is 0.134 e. The quantitative estimate of drug-likeness (QED) is 0.672. The van der Waals surface area contributed by atoms with Gasteiger partial charge < -0.3 is 10.5 Å². The van der Waals surface area contributed by atoms with Crippen molar-refractivity contribution in [2.24, 2.45) is 0 Å². The van der Waals surface area contributed by atoms with Gasteiger partial charge in [-0.2, -0.15) is 5.10 Å². The smallest absolute Gasteiger partial charge is 0.134 e. The molecule has 0 bridgehead atoms. The standard InChI is InChI=1S/C14H19N3OS/c1-10(2)17-7-6-12(16-17)9-19-14-5-4-11(15)8-13(14)18-3/h4-8,10H,9,15H2,1-3H3. The normalized spacial score (nSPS) is 10.9. The molecule has 0 radical (unpaired) electrons.